The molecule has 2 fully saturated rings. The number of amides is 1. The number of carbonyl (C=O) groups is 1. The van der Waals surface area contributed by atoms with Crippen LogP contribution in [0.4, 0.5) is 14.5 Å². The minimum absolute atomic E-state index is 0.0103. The summed E-state index contributed by atoms with van der Waals surface area (Å²) in [5, 5.41) is 1.75. The normalized spacial score (nSPS) is 18.8. The molecule has 5 rings (SSSR count). The van der Waals surface area contributed by atoms with Crippen molar-refractivity contribution in [2.45, 2.75) is 32.4 Å². The Morgan fingerprint density at radius 3 is 2.61 bits per heavy atom. The Morgan fingerprint density at radius 1 is 1.13 bits per heavy atom. The highest BCUT2D eigenvalue weighted by atomic mass is 19.1. The Kier molecular flexibility index (Phi) is 7.63. The zero-order valence-corrected chi connectivity index (χ0v) is 21.5. The maximum Gasteiger partial charge on any atom is 0.284 e. The van der Waals surface area contributed by atoms with E-state index >= 15 is 4.39 Å². The van der Waals surface area contributed by atoms with Gasteiger partial charge in [-0.05, 0) is 31.0 Å². The van der Waals surface area contributed by atoms with E-state index in [-0.39, 0.29) is 22.9 Å². The third-order valence-electron chi connectivity index (χ3n) is 7.20. The number of fused-ring (bicyclic) bond motifs is 1. The van der Waals surface area contributed by atoms with Gasteiger partial charge in [-0.1, -0.05) is 13.0 Å². The van der Waals surface area contributed by atoms with Crippen molar-refractivity contribution >= 4 is 22.6 Å². The van der Waals surface area contributed by atoms with Gasteiger partial charge >= 0.3 is 0 Å². The van der Waals surface area contributed by atoms with E-state index in [1.165, 1.54) is 6.07 Å². The van der Waals surface area contributed by atoms with Crippen LogP contribution in [-0.4, -0.2) is 83.3 Å². The lowest BCUT2D eigenvalue weighted by Gasteiger charge is -2.36. The van der Waals surface area contributed by atoms with E-state index in [1.807, 2.05) is 11.8 Å². The van der Waals surface area contributed by atoms with Gasteiger partial charge in [0.1, 0.15) is 16.9 Å². The van der Waals surface area contributed by atoms with Gasteiger partial charge in [0, 0.05) is 58.5 Å². The summed E-state index contributed by atoms with van der Waals surface area (Å²) in [6.45, 7) is 5.61. The van der Waals surface area contributed by atoms with E-state index < -0.39 is 17.7 Å². The number of nitrogens with one attached hydrogen (secondary N) is 2. The Hall–Kier alpha value is -3.48. The van der Waals surface area contributed by atoms with Crippen LogP contribution in [0.15, 0.2) is 29.1 Å². The maximum absolute atomic E-state index is 15.2. The zero-order chi connectivity index (χ0) is 26.8. The van der Waals surface area contributed by atoms with Gasteiger partial charge in [-0.3, -0.25) is 19.9 Å². The third-order valence-corrected chi connectivity index (χ3v) is 7.20. The number of nitrogens with zero attached hydrogens (tertiary/aromatic N) is 5. The fourth-order valence-corrected chi connectivity index (χ4v) is 4.96. The Bertz CT molecular complexity index is 1390. The van der Waals surface area contributed by atoms with E-state index in [0.29, 0.717) is 74.7 Å². The maximum atomic E-state index is 15.2. The number of carbonyl (C=O) groups excluding carboxylic acids is 1. The van der Waals surface area contributed by atoms with E-state index in [0.717, 1.165) is 6.42 Å². The van der Waals surface area contributed by atoms with Crippen LogP contribution < -0.4 is 15.9 Å². The lowest BCUT2D eigenvalue weighted by molar-refractivity contribution is 0.0745. The molecule has 0 aliphatic carbocycles. The largest absolute Gasteiger partial charge is 0.380 e. The van der Waals surface area contributed by atoms with E-state index in [1.54, 1.807) is 30.3 Å². The highest BCUT2D eigenvalue weighted by molar-refractivity contribution is 5.92. The minimum atomic E-state index is -0.703. The van der Waals surface area contributed by atoms with Crippen molar-refractivity contribution in [1.29, 1.82) is 0 Å². The molecule has 0 spiro atoms. The van der Waals surface area contributed by atoms with Gasteiger partial charge in [0.25, 0.3) is 11.5 Å². The zero-order valence-electron chi connectivity index (χ0n) is 21.5. The average Bonchev–Trinajstić information content (AvgIpc) is 3.38. The first-order valence-electron chi connectivity index (χ1n) is 12.8. The molecule has 2 N–H and O–H groups in total. The van der Waals surface area contributed by atoms with Crippen LogP contribution in [0.5, 0.6) is 0 Å². The van der Waals surface area contributed by atoms with E-state index in [4.69, 9.17) is 4.74 Å². The average molecular weight is 528 g/mol. The summed E-state index contributed by atoms with van der Waals surface area (Å²) in [6.07, 6.45) is 1.35. The van der Waals surface area contributed by atoms with Gasteiger partial charge in [-0.2, -0.15) is 4.39 Å². The van der Waals surface area contributed by atoms with Gasteiger partial charge in [-0.25, -0.2) is 19.4 Å². The van der Waals surface area contributed by atoms with Crippen molar-refractivity contribution in [3.8, 4) is 0 Å². The van der Waals surface area contributed by atoms with Crippen LogP contribution in [0.2, 0.25) is 0 Å². The first-order valence-corrected chi connectivity index (χ1v) is 12.8. The number of hydrogen-bond acceptors (Lipinski definition) is 8. The molecule has 2 aliphatic heterocycles. The summed E-state index contributed by atoms with van der Waals surface area (Å²) < 4.78 is 35.3. The number of piperazine rings is 1. The number of pyridine rings is 1. The second kappa shape index (κ2) is 11.1. The van der Waals surface area contributed by atoms with Gasteiger partial charge in [0.2, 0.25) is 5.95 Å². The third kappa shape index (κ3) is 5.38. The number of rotatable bonds is 7. The van der Waals surface area contributed by atoms with Gasteiger partial charge < -0.3 is 14.6 Å². The predicted molar refractivity (Wildman–Crippen MR) is 138 cm³/mol. The van der Waals surface area contributed by atoms with Crippen LogP contribution in [-0.2, 0) is 17.7 Å². The standard InChI is InChI=1S/C26H31F2N7O3/c1-3-18-25(36)31-23-19(29-18)5-4-16(22(23)27)14-33-10-12-34(13-11-33)21-7-6-20(30-24(21)28)26(37)32-35-9-8-17(15-35)38-2/h4-7,17H,3,8-15H2,1-2H3,(H,31,36)(H,32,37). The molecular weight excluding hydrogens is 496 g/mol. The Morgan fingerprint density at radius 2 is 1.92 bits per heavy atom. The molecule has 1 atom stereocenters. The molecule has 0 bridgehead atoms. The molecule has 38 heavy (non-hydrogen) atoms. The SMILES string of the molecule is CCc1nc2ccc(CN3CCN(c4ccc(C(=O)NN5CCC(OC)C5)nc4F)CC3)c(F)c2[nH]c1=O. The summed E-state index contributed by atoms with van der Waals surface area (Å²) in [5.74, 6) is -1.64. The predicted octanol–water partition coefficient (Wildman–Crippen LogP) is 1.85. The van der Waals surface area contributed by atoms with Crippen molar-refractivity contribution < 1.29 is 18.3 Å². The molecule has 10 nitrogen and oxygen atoms in total. The molecule has 3 aromatic rings. The number of aryl methyl sites for hydroxylation is 1. The number of methoxy groups -OCH3 is 1. The Labute approximate surface area is 218 Å². The molecule has 2 aliphatic rings. The highest BCUT2D eigenvalue weighted by Gasteiger charge is 2.26. The minimum Gasteiger partial charge on any atom is -0.380 e. The van der Waals surface area contributed by atoms with Crippen LogP contribution in [0, 0.1) is 11.8 Å². The van der Waals surface area contributed by atoms with Crippen molar-refractivity contribution in [1.82, 2.24) is 30.3 Å². The number of aromatic amines is 1. The monoisotopic (exact) mass is 527 g/mol. The number of anilines is 1. The Balaban J connectivity index is 1.19. The lowest BCUT2D eigenvalue weighted by Crippen LogP contribution is -2.46. The number of H-pyrrole nitrogens is 1. The molecule has 1 unspecified atom stereocenters. The topological polar surface area (TPSA) is 107 Å². The second-order valence-electron chi connectivity index (χ2n) is 9.60. The summed E-state index contributed by atoms with van der Waals surface area (Å²) in [4.78, 5) is 39.4. The number of halogens is 2. The van der Waals surface area contributed by atoms with E-state index in [9.17, 15) is 14.0 Å². The number of hydrogen-bond donors (Lipinski definition) is 2. The molecule has 0 saturated carbocycles. The molecule has 0 radical (unpaired) electrons. The number of ether oxygens (including phenoxy) is 1. The van der Waals surface area contributed by atoms with E-state index in [2.05, 4.69) is 25.3 Å². The fourth-order valence-electron chi connectivity index (χ4n) is 4.96. The van der Waals surface area contributed by atoms with Gasteiger partial charge in [-0.15, -0.1) is 0 Å². The second-order valence-corrected chi connectivity index (χ2v) is 9.60. The van der Waals surface area contributed by atoms with Crippen molar-refractivity contribution in [3.05, 3.63) is 63.3 Å². The number of benzene rings is 1. The van der Waals surface area contributed by atoms with Crippen LogP contribution >= 0.6 is 0 Å². The summed E-state index contributed by atoms with van der Waals surface area (Å²) in [5.41, 5.74) is 4.09. The highest BCUT2D eigenvalue weighted by Crippen LogP contribution is 2.23. The van der Waals surface area contributed by atoms with Crippen LogP contribution in [0.25, 0.3) is 11.0 Å². The summed E-state index contributed by atoms with van der Waals surface area (Å²) in [6, 6.07) is 6.51. The lowest BCUT2D eigenvalue weighted by atomic mass is 10.1. The number of hydrazine groups is 1. The van der Waals surface area contributed by atoms with Crippen molar-refractivity contribution in [3.63, 3.8) is 0 Å². The summed E-state index contributed by atoms with van der Waals surface area (Å²) >= 11 is 0. The molecule has 202 valence electrons. The molecular formula is C26H31F2N7O3. The van der Waals surface area contributed by atoms with Crippen molar-refractivity contribution in [2.24, 2.45) is 0 Å². The molecule has 1 aromatic carbocycles. The fraction of sp³-hybridized carbons (Fsp3) is 0.462. The van der Waals surface area contributed by atoms with Gasteiger partial charge in [0.05, 0.1) is 17.3 Å². The van der Waals surface area contributed by atoms with Crippen LogP contribution in [0.1, 0.15) is 35.1 Å². The molecule has 2 aromatic heterocycles. The van der Waals surface area contributed by atoms with Gasteiger partial charge in [0.15, 0.2) is 5.82 Å². The number of aromatic nitrogens is 3. The molecule has 1 amide bonds. The smallest absolute Gasteiger partial charge is 0.284 e. The molecule has 12 heteroatoms. The summed E-state index contributed by atoms with van der Waals surface area (Å²) in [7, 11) is 1.63. The van der Waals surface area contributed by atoms with Crippen LogP contribution in [0.3, 0.4) is 0 Å². The van der Waals surface area contributed by atoms with Crippen molar-refractivity contribution in [2.75, 3.05) is 51.3 Å². The molecule has 4 heterocycles. The quantitative estimate of drug-likeness (QED) is 0.449. The molecule has 2 saturated heterocycles. The first-order chi connectivity index (χ1) is 18.4. The first kappa shape index (κ1) is 26.1.